The number of benzene rings is 1. The van der Waals surface area contributed by atoms with Gasteiger partial charge in [-0.3, -0.25) is 0 Å². The first-order valence-electron chi connectivity index (χ1n) is 5.17. The first-order valence-corrected chi connectivity index (χ1v) is 7.47. The minimum Gasteiger partial charge on any atom is -0.456 e. The second kappa shape index (κ2) is 5.28. The van der Waals surface area contributed by atoms with E-state index in [2.05, 4.69) is 0 Å². The lowest BCUT2D eigenvalue weighted by Gasteiger charge is -2.20. The number of hydrogen-bond donors (Lipinski definition) is 1. The van der Waals surface area contributed by atoms with Crippen molar-refractivity contribution in [3.8, 4) is 0 Å². The molecule has 2 N–H and O–H groups in total. The Kier molecular flexibility index (Phi) is 4.51. The number of halogens is 2. The smallest absolute Gasteiger partial charge is 0.340 e. The normalized spacial score (nSPS) is 12.3. The number of rotatable bonds is 2. The van der Waals surface area contributed by atoms with Crippen LogP contribution in [-0.2, 0) is 14.8 Å². The van der Waals surface area contributed by atoms with Crippen LogP contribution in [0.1, 0.15) is 31.1 Å². The molecule has 0 radical (unpaired) electrons. The van der Waals surface area contributed by atoms with E-state index in [4.69, 9.17) is 33.1 Å². The van der Waals surface area contributed by atoms with Crippen LogP contribution in [0.25, 0.3) is 0 Å². The zero-order valence-electron chi connectivity index (χ0n) is 10.5. The molecule has 0 unspecified atom stereocenters. The van der Waals surface area contributed by atoms with Gasteiger partial charge in [-0.25, -0.2) is 18.4 Å². The average Bonchev–Trinajstić information content (AvgIpc) is 2.16. The van der Waals surface area contributed by atoms with Gasteiger partial charge in [0.25, 0.3) is 0 Å². The standard InChI is InChI=1S/C11H13Cl2NO4S/c1-11(2,3)18-10(15)7-4-6(12)5-8(9(7)13)19(14,16)17/h4-5H,1-3H3,(H2,14,16,17). The monoisotopic (exact) mass is 325 g/mol. The van der Waals surface area contributed by atoms with Crippen molar-refractivity contribution in [1.29, 1.82) is 0 Å². The minimum atomic E-state index is -4.08. The molecule has 106 valence electrons. The SMILES string of the molecule is CC(C)(C)OC(=O)c1cc(Cl)cc(S(N)(=O)=O)c1Cl. The van der Waals surface area contributed by atoms with Gasteiger partial charge in [-0.05, 0) is 32.9 Å². The molecule has 1 aromatic rings. The summed E-state index contributed by atoms with van der Waals surface area (Å²) < 4.78 is 27.8. The third kappa shape index (κ3) is 4.35. The van der Waals surface area contributed by atoms with Crippen LogP contribution in [0.4, 0.5) is 0 Å². The third-order valence-electron chi connectivity index (χ3n) is 1.93. The number of carbonyl (C=O) groups is 1. The van der Waals surface area contributed by atoms with Gasteiger partial charge < -0.3 is 4.74 Å². The van der Waals surface area contributed by atoms with E-state index in [0.29, 0.717) is 0 Å². The second-order valence-corrected chi connectivity index (χ2v) is 7.16. The number of sulfonamides is 1. The Labute approximate surface area is 121 Å². The summed E-state index contributed by atoms with van der Waals surface area (Å²) in [7, 11) is -4.08. The minimum absolute atomic E-state index is 0.0225. The maximum Gasteiger partial charge on any atom is 0.340 e. The quantitative estimate of drug-likeness (QED) is 0.846. The number of esters is 1. The summed E-state index contributed by atoms with van der Waals surface area (Å²) in [5.41, 5.74) is -0.891. The van der Waals surface area contributed by atoms with Crippen molar-refractivity contribution >= 4 is 39.2 Å². The van der Waals surface area contributed by atoms with Gasteiger partial charge in [0.1, 0.15) is 10.5 Å². The Morgan fingerprint density at radius 2 is 1.79 bits per heavy atom. The van der Waals surface area contributed by atoms with Crippen molar-refractivity contribution in [2.24, 2.45) is 5.14 Å². The van der Waals surface area contributed by atoms with Crippen LogP contribution >= 0.6 is 23.2 Å². The largest absolute Gasteiger partial charge is 0.456 e. The van der Waals surface area contributed by atoms with E-state index in [0.717, 1.165) is 6.07 Å². The van der Waals surface area contributed by atoms with Crippen LogP contribution < -0.4 is 5.14 Å². The summed E-state index contributed by atoms with van der Waals surface area (Å²) in [6, 6.07) is 2.31. The molecule has 0 atom stereocenters. The second-order valence-electron chi connectivity index (χ2n) is 4.81. The highest BCUT2D eigenvalue weighted by Crippen LogP contribution is 2.30. The highest BCUT2D eigenvalue weighted by atomic mass is 35.5. The molecule has 0 fully saturated rings. The zero-order chi connectivity index (χ0) is 15.0. The van der Waals surface area contributed by atoms with E-state index >= 15 is 0 Å². The van der Waals surface area contributed by atoms with Crippen LogP contribution in [0.15, 0.2) is 17.0 Å². The average molecular weight is 326 g/mol. The van der Waals surface area contributed by atoms with Gasteiger partial charge in [-0.1, -0.05) is 23.2 Å². The molecule has 0 saturated heterocycles. The van der Waals surface area contributed by atoms with E-state index in [-0.39, 0.29) is 15.6 Å². The summed E-state index contributed by atoms with van der Waals surface area (Å²) >= 11 is 11.6. The van der Waals surface area contributed by atoms with Crippen molar-refractivity contribution < 1.29 is 17.9 Å². The lowest BCUT2D eigenvalue weighted by molar-refractivity contribution is 0.00695. The molecule has 0 aromatic heterocycles. The molecule has 1 aromatic carbocycles. The molecule has 0 aliphatic carbocycles. The molecular formula is C11H13Cl2NO4S. The third-order valence-corrected chi connectivity index (χ3v) is 3.60. The zero-order valence-corrected chi connectivity index (χ0v) is 12.9. The molecule has 8 heteroatoms. The van der Waals surface area contributed by atoms with Gasteiger partial charge in [0, 0.05) is 5.02 Å². The Morgan fingerprint density at radius 3 is 2.21 bits per heavy atom. The first-order chi connectivity index (χ1) is 8.42. The number of hydrogen-bond acceptors (Lipinski definition) is 4. The summed E-state index contributed by atoms with van der Waals surface area (Å²) in [5.74, 6) is -0.773. The molecular weight excluding hydrogens is 313 g/mol. The van der Waals surface area contributed by atoms with Crippen molar-refractivity contribution in [3.63, 3.8) is 0 Å². The van der Waals surface area contributed by atoms with Gasteiger partial charge in [0.2, 0.25) is 10.0 Å². The molecule has 0 spiro atoms. The Morgan fingerprint density at radius 1 is 1.26 bits per heavy atom. The predicted octanol–water partition coefficient (Wildman–Crippen LogP) is 2.60. The predicted molar refractivity (Wildman–Crippen MR) is 73.0 cm³/mol. The Hall–Kier alpha value is -0.820. The van der Waals surface area contributed by atoms with Gasteiger partial charge in [-0.2, -0.15) is 0 Å². The van der Waals surface area contributed by atoms with E-state index in [1.54, 1.807) is 20.8 Å². The maximum atomic E-state index is 11.9. The number of nitrogens with two attached hydrogens (primary N) is 1. The van der Waals surface area contributed by atoms with Crippen molar-refractivity contribution in [3.05, 3.63) is 27.7 Å². The maximum absolute atomic E-state index is 11.9. The molecule has 0 bridgehead atoms. The number of carbonyl (C=O) groups excluding carboxylic acids is 1. The molecule has 1 rings (SSSR count). The topological polar surface area (TPSA) is 86.5 Å². The molecule has 0 saturated carbocycles. The molecule has 5 nitrogen and oxygen atoms in total. The molecule has 0 aliphatic heterocycles. The molecule has 19 heavy (non-hydrogen) atoms. The summed E-state index contributed by atoms with van der Waals surface area (Å²) in [4.78, 5) is 11.5. The molecule has 0 aliphatic rings. The van der Waals surface area contributed by atoms with Crippen molar-refractivity contribution in [1.82, 2.24) is 0 Å². The lowest BCUT2D eigenvalue weighted by atomic mass is 10.1. The first kappa shape index (κ1) is 16.2. The van der Waals surface area contributed by atoms with Gasteiger partial charge in [0.05, 0.1) is 10.6 Å². The van der Waals surface area contributed by atoms with E-state index in [9.17, 15) is 13.2 Å². The fourth-order valence-corrected chi connectivity index (χ4v) is 2.70. The highest BCUT2D eigenvalue weighted by molar-refractivity contribution is 7.89. The number of primary sulfonamides is 1. The van der Waals surface area contributed by atoms with E-state index < -0.39 is 26.5 Å². The Bertz CT molecular complexity index is 620. The van der Waals surface area contributed by atoms with E-state index in [1.807, 2.05) is 0 Å². The van der Waals surface area contributed by atoms with Crippen molar-refractivity contribution in [2.45, 2.75) is 31.3 Å². The van der Waals surface area contributed by atoms with Gasteiger partial charge in [-0.15, -0.1) is 0 Å². The van der Waals surface area contributed by atoms with Crippen LogP contribution in [-0.4, -0.2) is 20.0 Å². The highest BCUT2D eigenvalue weighted by Gasteiger charge is 2.25. The van der Waals surface area contributed by atoms with Crippen LogP contribution in [0.3, 0.4) is 0 Å². The fraction of sp³-hybridized carbons (Fsp3) is 0.364. The fourth-order valence-electron chi connectivity index (χ4n) is 1.25. The van der Waals surface area contributed by atoms with Crippen molar-refractivity contribution in [2.75, 3.05) is 0 Å². The molecule has 0 amide bonds. The van der Waals surface area contributed by atoms with E-state index in [1.165, 1.54) is 6.07 Å². The van der Waals surface area contributed by atoms with Gasteiger partial charge in [0.15, 0.2) is 0 Å². The summed E-state index contributed by atoms with van der Waals surface area (Å²) in [6.07, 6.45) is 0. The Balaban J connectivity index is 3.38. The van der Waals surface area contributed by atoms with Crippen LogP contribution in [0.5, 0.6) is 0 Å². The molecule has 0 heterocycles. The lowest BCUT2D eigenvalue weighted by Crippen LogP contribution is -2.24. The number of ether oxygens (including phenoxy) is 1. The van der Waals surface area contributed by atoms with Crippen LogP contribution in [0.2, 0.25) is 10.0 Å². The summed E-state index contributed by atoms with van der Waals surface area (Å²) in [5, 5.41) is 4.72. The van der Waals surface area contributed by atoms with Crippen LogP contribution in [0, 0.1) is 0 Å². The van der Waals surface area contributed by atoms with Gasteiger partial charge >= 0.3 is 5.97 Å². The summed E-state index contributed by atoms with van der Waals surface area (Å²) in [6.45, 7) is 5.01.